The smallest absolute Gasteiger partial charge is 0.0177 e. The fourth-order valence-corrected chi connectivity index (χ4v) is 0.255. The maximum atomic E-state index is 6.89. The Kier molecular flexibility index (Phi) is 3.58. The summed E-state index contributed by atoms with van der Waals surface area (Å²) in [6, 6.07) is 0. The van der Waals surface area contributed by atoms with E-state index in [-0.39, 0.29) is 0 Å². The fraction of sp³-hybridized carbons (Fsp3) is 0.167. The predicted octanol–water partition coefficient (Wildman–Crippen LogP) is 2.15. The molecule has 0 aromatic rings. The van der Waals surface area contributed by atoms with Gasteiger partial charge in [-0.2, -0.15) is 5.70 Å². The molecule has 2 N–H and O–H groups in total. The minimum Gasteiger partial charge on any atom is -0.702 e. The first-order chi connectivity index (χ1) is 3.77. The van der Waals surface area contributed by atoms with Gasteiger partial charge in [0, 0.05) is 6.21 Å². The van der Waals surface area contributed by atoms with E-state index in [1.165, 1.54) is 6.21 Å². The Bertz CT molecular complexity index is 118. The fourth-order valence-electron chi connectivity index (χ4n) is 0.255. The van der Waals surface area contributed by atoms with E-state index in [1.807, 2.05) is 0 Å². The van der Waals surface area contributed by atoms with Crippen molar-refractivity contribution in [2.75, 3.05) is 0 Å². The van der Waals surface area contributed by atoms with Crippen LogP contribution in [0.3, 0.4) is 0 Å². The predicted molar refractivity (Wildman–Crippen MR) is 36.0 cm³/mol. The maximum Gasteiger partial charge on any atom is 0.0177 e. The maximum absolute atomic E-state index is 6.89. The highest BCUT2D eigenvalue weighted by molar-refractivity contribution is 5.68. The molecular formula is C6H9N2-. The average Bonchev–Trinajstić information content (AvgIpc) is 1.66. The lowest BCUT2D eigenvalue weighted by Crippen LogP contribution is -1.58. The molecule has 0 heterocycles. The monoisotopic (exact) mass is 109 g/mol. The van der Waals surface area contributed by atoms with Gasteiger partial charge in [0.25, 0.3) is 0 Å². The third-order valence-corrected chi connectivity index (χ3v) is 0.554. The quantitative estimate of drug-likeness (QED) is 0.417. The summed E-state index contributed by atoms with van der Waals surface area (Å²) in [4.78, 5) is 0. The van der Waals surface area contributed by atoms with Crippen LogP contribution < -0.4 is 0 Å². The Morgan fingerprint density at radius 3 is 2.50 bits per heavy atom. The van der Waals surface area contributed by atoms with Crippen molar-refractivity contribution in [3.63, 3.8) is 0 Å². The van der Waals surface area contributed by atoms with Gasteiger partial charge >= 0.3 is 0 Å². The molecule has 0 bridgehead atoms. The van der Waals surface area contributed by atoms with Crippen LogP contribution >= 0.6 is 0 Å². The topological polar surface area (TPSA) is 47.7 Å². The summed E-state index contributed by atoms with van der Waals surface area (Å²) in [5, 5.41) is 6.54. The van der Waals surface area contributed by atoms with E-state index in [0.717, 1.165) is 0 Å². The third kappa shape index (κ3) is 4.95. The second-order valence-corrected chi connectivity index (χ2v) is 1.40. The molecule has 8 heavy (non-hydrogen) atoms. The molecule has 0 unspecified atom stereocenters. The van der Waals surface area contributed by atoms with Crippen LogP contribution in [0.1, 0.15) is 6.92 Å². The van der Waals surface area contributed by atoms with Crippen molar-refractivity contribution in [3.8, 4) is 0 Å². The molecule has 0 spiro atoms. The molecule has 0 amide bonds. The first-order valence-corrected chi connectivity index (χ1v) is 2.33. The summed E-state index contributed by atoms with van der Waals surface area (Å²) < 4.78 is 0. The average molecular weight is 109 g/mol. The SMILES string of the molecule is C/C([NH-])=C\C=C/C=N. The van der Waals surface area contributed by atoms with Gasteiger partial charge in [0.05, 0.1) is 0 Å². The van der Waals surface area contributed by atoms with Crippen LogP contribution in [0.15, 0.2) is 23.9 Å². The van der Waals surface area contributed by atoms with Crippen LogP contribution in [0.4, 0.5) is 0 Å². The number of allylic oxidation sites excluding steroid dienone is 4. The van der Waals surface area contributed by atoms with Crippen molar-refractivity contribution in [1.29, 1.82) is 5.41 Å². The number of hydrogen-bond acceptors (Lipinski definition) is 1. The Balaban J connectivity index is 3.57. The van der Waals surface area contributed by atoms with Gasteiger partial charge < -0.3 is 11.1 Å². The Morgan fingerprint density at radius 2 is 2.12 bits per heavy atom. The third-order valence-electron chi connectivity index (χ3n) is 0.554. The summed E-state index contributed by atoms with van der Waals surface area (Å²) in [5.74, 6) is 0. The van der Waals surface area contributed by atoms with Crippen molar-refractivity contribution < 1.29 is 0 Å². The van der Waals surface area contributed by atoms with Gasteiger partial charge in [0.15, 0.2) is 0 Å². The minimum absolute atomic E-state index is 0.503. The van der Waals surface area contributed by atoms with Gasteiger partial charge in [-0.25, -0.2) is 0 Å². The minimum atomic E-state index is 0.503. The first-order valence-electron chi connectivity index (χ1n) is 2.33. The van der Waals surface area contributed by atoms with Gasteiger partial charge in [-0.15, -0.1) is 0 Å². The molecule has 0 rings (SSSR count). The summed E-state index contributed by atoms with van der Waals surface area (Å²) in [5.41, 5.74) is 7.39. The normalized spacial score (nSPS) is 12.4. The van der Waals surface area contributed by atoms with E-state index in [4.69, 9.17) is 11.1 Å². The highest BCUT2D eigenvalue weighted by Crippen LogP contribution is 1.88. The van der Waals surface area contributed by atoms with E-state index in [1.54, 1.807) is 25.2 Å². The second kappa shape index (κ2) is 4.12. The molecule has 0 fully saturated rings. The van der Waals surface area contributed by atoms with Crippen molar-refractivity contribution in [2.24, 2.45) is 0 Å². The zero-order valence-corrected chi connectivity index (χ0v) is 4.81. The van der Waals surface area contributed by atoms with Gasteiger partial charge in [-0.3, -0.25) is 0 Å². The lowest BCUT2D eigenvalue weighted by Gasteiger charge is -1.93. The van der Waals surface area contributed by atoms with Crippen molar-refractivity contribution in [1.82, 2.24) is 0 Å². The number of nitrogens with one attached hydrogen (secondary N) is 2. The molecule has 0 saturated carbocycles. The van der Waals surface area contributed by atoms with E-state index in [0.29, 0.717) is 5.70 Å². The lowest BCUT2D eigenvalue weighted by molar-refractivity contribution is 1.54. The second-order valence-electron chi connectivity index (χ2n) is 1.40. The number of hydrogen-bond donors (Lipinski definition) is 1. The molecule has 0 radical (unpaired) electrons. The molecule has 0 aliphatic heterocycles. The van der Waals surface area contributed by atoms with Crippen molar-refractivity contribution >= 4 is 6.21 Å². The highest BCUT2D eigenvalue weighted by atomic mass is 14.5. The van der Waals surface area contributed by atoms with Gasteiger partial charge in [0.2, 0.25) is 0 Å². The molecule has 2 heteroatoms. The van der Waals surface area contributed by atoms with E-state index < -0.39 is 0 Å². The zero-order valence-electron chi connectivity index (χ0n) is 4.81. The molecule has 0 saturated heterocycles. The van der Waals surface area contributed by atoms with E-state index >= 15 is 0 Å². The molecule has 0 aliphatic rings. The summed E-state index contributed by atoms with van der Waals surface area (Å²) in [7, 11) is 0. The van der Waals surface area contributed by atoms with Crippen LogP contribution in [0.5, 0.6) is 0 Å². The van der Waals surface area contributed by atoms with Crippen LogP contribution in [-0.2, 0) is 0 Å². The molecule has 0 aromatic heterocycles. The molecule has 0 aromatic carbocycles. The largest absolute Gasteiger partial charge is 0.702 e. The van der Waals surface area contributed by atoms with Gasteiger partial charge in [-0.1, -0.05) is 19.1 Å². The highest BCUT2D eigenvalue weighted by Gasteiger charge is 1.58. The van der Waals surface area contributed by atoms with Crippen LogP contribution in [0.25, 0.3) is 5.73 Å². The zero-order chi connectivity index (χ0) is 6.41. The van der Waals surface area contributed by atoms with Crippen molar-refractivity contribution in [2.45, 2.75) is 6.92 Å². The molecule has 44 valence electrons. The lowest BCUT2D eigenvalue weighted by atomic mass is 10.4. The van der Waals surface area contributed by atoms with E-state index in [9.17, 15) is 0 Å². The Labute approximate surface area is 49.2 Å². The first kappa shape index (κ1) is 6.95. The van der Waals surface area contributed by atoms with Gasteiger partial charge in [-0.05, 0) is 6.08 Å². The Hall–Kier alpha value is -1.05. The number of rotatable bonds is 2. The summed E-state index contributed by atoms with van der Waals surface area (Å²) >= 11 is 0. The van der Waals surface area contributed by atoms with Crippen LogP contribution in [0, 0.1) is 5.41 Å². The molecular weight excluding hydrogens is 100 g/mol. The van der Waals surface area contributed by atoms with Crippen LogP contribution in [-0.4, -0.2) is 6.21 Å². The molecule has 0 aliphatic carbocycles. The van der Waals surface area contributed by atoms with Crippen LogP contribution in [0.2, 0.25) is 0 Å². The standard InChI is InChI=1S/C6H9N2/c1-6(8)4-2-3-5-7/h2-5,7-8H,1H3/q-1/b3-2-,6-4+,7-5?. The van der Waals surface area contributed by atoms with Crippen molar-refractivity contribution in [3.05, 3.63) is 29.7 Å². The molecule has 0 atom stereocenters. The molecule has 2 nitrogen and oxygen atoms in total. The van der Waals surface area contributed by atoms with E-state index in [2.05, 4.69) is 0 Å². The van der Waals surface area contributed by atoms with Gasteiger partial charge in [0.1, 0.15) is 0 Å². The Morgan fingerprint density at radius 1 is 1.50 bits per heavy atom. The summed E-state index contributed by atoms with van der Waals surface area (Å²) in [6.07, 6.45) is 6.04. The summed E-state index contributed by atoms with van der Waals surface area (Å²) in [6.45, 7) is 1.69.